The summed E-state index contributed by atoms with van der Waals surface area (Å²) in [6.07, 6.45) is 3.58. The second kappa shape index (κ2) is 8.98. The van der Waals surface area contributed by atoms with E-state index >= 15 is 0 Å². The average molecular weight is 462 g/mol. The molecule has 1 fully saturated rings. The second-order valence-electron chi connectivity index (χ2n) is 7.94. The maximum Gasteiger partial charge on any atom is 0.317 e. The van der Waals surface area contributed by atoms with Crippen LogP contribution in [0.15, 0.2) is 34.9 Å². The summed E-state index contributed by atoms with van der Waals surface area (Å²) >= 11 is 3.45. The number of nitrogens with one attached hydrogen (secondary N) is 2. The number of rotatable bonds is 5. The molecule has 0 saturated carbocycles. The van der Waals surface area contributed by atoms with E-state index in [9.17, 15) is 9.59 Å². The second-order valence-corrected chi connectivity index (χ2v) is 8.86. The van der Waals surface area contributed by atoms with E-state index in [1.807, 2.05) is 49.2 Å². The van der Waals surface area contributed by atoms with Crippen molar-refractivity contribution in [3.63, 3.8) is 0 Å². The van der Waals surface area contributed by atoms with Crippen LogP contribution in [0, 0.1) is 5.92 Å². The first-order chi connectivity index (χ1) is 13.8. The van der Waals surface area contributed by atoms with Crippen molar-refractivity contribution in [2.75, 3.05) is 20.6 Å². The summed E-state index contributed by atoms with van der Waals surface area (Å²) in [5.74, 6) is 0.720. The molecule has 2 heterocycles. The van der Waals surface area contributed by atoms with Crippen LogP contribution in [0.1, 0.15) is 38.6 Å². The largest absolute Gasteiger partial charge is 0.340 e. The average Bonchev–Trinajstić information content (AvgIpc) is 3.34. The van der Waals surface area contributed by atoms with Crippen LogP contribution in [-0.2, 0) is 4.79 Å². The van der Waals surface area contributed by atoms with Crippen LogP contribution in [-0.4, -0.2) is 58.4 Å². The molecule has 0 bridgehead atoms. The van der Waals surface area contributed by atoms with Gasteiger partial charge in [0.15, 0.2) is 0 Å². The molecule has 1 aromatic heterocycles. The number of imidazole rings is 1. The Balaban J connectivity index is 1.79. The van der Waals surface area contributed by atoms with Crippen molar-refractivity contribution >= 4 is 27.9 Å². The summed E-state index contributed by atoms with van der Waals surface area (Å²) < 4.78 is 1.02. The van der Waals surface area contributed by atoms with Crippen LogP contribution in [0.2, 0.25) is 0 Å². The molecule has 2 N–H and O–H groups in total. The summed E-state index contributed by atoms with van der Waals surface area (Å²) in [7, 11) is 3.34. The van der Waals surface area contributed by atoms with Gasteiger partial charge < -0.3 is 20.1 Å². The van der Waals surface area contributed by atoms with Gasteiger partial charge in [-0.25, -0.2) is 9.78 Å². The number of carbonyl (C=O) groups is 2. The van der Waals surface area contributed by atoms with Crippen LogP contribution < -0.4 is 5.32 Å². The lowest BCUT2D eigenvalue weighted by Crippen LogP contribution is -2.53. The van der Waals surface area contributed by atoms with Gasteiger partial charge in [-0.1, -0.05) is 41.9 Å². The number of aromatic nitrogens is 2. The van der Waals surface area contributed by atoms with Crippen LogP contribution in [0.5, 0.6) is 0 Å². The molecule has 3 amide bonds. The van der Waals surface area contributed by atoms with Crippen molar-refractivity contribution < 1.29 is 9.59 Å². The molecule has 2 aromatic rings. The van der Waals surface area contributed by atoms with Crippen molar-refractivity contribution in [3.05, 3.63) is 40.8 Å². The minimum atomic E-state index is -0.564. The quantitative estimate of drug-likeness (QED) is 0.710. The third kappa shape index (κ3) is 4.80. The van der Waals surface area contributed by atoms with Crippen LogP contribution in [0.4, 0.5) is 4.79 Å². The first-order valence-electron chi connectivity index (χ1n) is 9.87. The molecule has 0 spiro atoms. The van der Waals surface area contributed by atoms with Gasteiger partial charge >= 0.3 is 6.03 Å². The lowest BCUT2D eigenvalue weighted by Gasteiger charge is -2.31. The first kappa shape index (κ1) is 21.4. The Morgan fingerprint density at radius 2 is 1.97 bits per heavy atom. The molecule has 1 aliphatic rings. The van der Waals surface area contributed by atoms with Crippen molar-refractivity contribution in [3.8, 4) is 11.3 Å². The molecular weight excluding hydrogens is 434 g/mol. The van der Waals surface area contributed by atoms with E-state index < -0.39 is 6.04 Å². The fraction of sp³-hybridized carbons (Fsp3) is 0.476. The predicted molar refractivity (Wildman–Crippen MR) is 116 cm³/mol. The van der Waals surface area contributed by atoms with Gasteiger partial charge in [-0.3, -0.25) is 4.79 Å². The Kier molecular flexibility index (Phi) is 6.62. The fourth-order valence-corrected chi connectivity index (χ4v) is 3.82. The number of benzene rings is 1. The maximum absolute atomic E-state index is 13.3. The number of halogens is 1. The number of carbonyl (C=O) groups excluding carboxylic acids is 2. The first-order valence-corrected chi connectivity index (χ1v) is 10.7. The van der Waals surface area contributed by atoms with Gasteiger partial charge in [0.1, 0.15) is 11.9 Å². The smallest absolute Gasteiger partial charge is 0.317 e. The van der Waals surface area contributed by atoms with Crippen LogP contribution >= 0.6 is 15.9 Å². The SMILES string of the molecule is CC(C)C(NC(=O)N(C)C)C(=O)N1CCCC1c1ncc(-c2ccc(Br)cc2)[nH]1. The minimum Gasteiger partial charge on any atom is -0.340 e. The molecule has 8 heteroatoms. The van der Waals surface area contributed by atoms with Crippen molar-refractivity contribution in [1.82, 2.24) is 25.1 Å². The topological polar surface area (TPSA) is 81.3 Å². The normalized spacial score (nSPS) is 17.4. The number of aromatic amines is 1. The standard InChI is InChI=1S/C21H28BrN5O2/c1-13(2)18(25-21(29)26(3)4)20(28)27-11-5-6-17(27)19-23-12-16(24-19)14-7-9-15(22)10-8-14/h7-10,12-13,17-18H,5-6,11H2,1-4H3,(H,23,24)(H,25,29). The highest BCUT2D eigenvalue weighted by Crippen LogP contribution is 2.32. The number of hydrogen-bond donors (Lipinski definition) is 2. The van der Waals surface area contributed by atoms with E-state index in [1.54, 1.807) is 14.1 Å². The highest BCUT2D eigenvalue weighted by molar-refractivity contribution is 9.10. The highest BCUT2D eigenvalue weighted by atomic mass is 79.9. The van der Waals surface area contributed by atoms with E-state index in [1.165, 1.54) is 4.90 Å². The van der Waals surface area contributed by atoms with Gasteiger partial charge in [0, 0.05) is 25.1 Å². The molecular formula is C21H28BrN5O2. The highest BCUT2D eigenvalue weighted by Gasteiger charge is 2.37. The molecule has 156 valence electrons. The minimum absolute atomic E-state index is 0.0115. The zero-order valence-electron chi connectivity index (χ0n) is 17.3. The zero-order chi connectivity index (χ0) is 21.1. The van der Waals surface area contributed by atoms with Gasteiger partial charge in [0.25, 0.3) is 0 Å². The Morgan fingerprint density at radius 3 is 2.59 bits per heavy atom. The van der Waals surface area contributed by atoms with E-state index in [0.29, 0.717) is 6.54 Å². The molecule has 29 heavy (non-hydrogen) atoms. The third-order valence-corrected chi connectivity index (χ3v) is 5.75. The predicted octanol–water partition coefficient (Wildman–Crippen LogP) is 3.80. The summed E-state index contributed by atoms with van der Waals surface area (Å²) in [5, 5.41) is 2.86. The summed E-state index contributed by atoms with van der Waals surface area (Å²) in [4.78, 5) is 36.7. The maximum atomic E-state index is 13.3. The molecule has 2 unspecified atom stereocenters. The fourth-order valence-electron chi connectivity index (χ4n) is 3.55. The summed E-state index contributed by atoms with van der Waals surface area (Å²) in [6.45, 7) is 4.56. The van der Waals surface area contributed by atoms with Crippen molar-refractivity contribution in [1.29, 1.82) is 0 Å². The number of hydrogen-bond acceptors (Lipinski definition) is 3. The van der Waals surface area contributed by atoms with E-state index in [-0.39, 0.29) is 23.9 Å². The van der Waals surface area contributed by atoms with Gasteiger partial charge in [0.2, 0.25) is 5.91 Å². The van der Waals surface area contributed by atoms with E-state index in [4.69, 9.17) is 0 Å². The molecule has 0 radical (unpaired) electrons. The van der Waals surface area contributed by atoms with Gasteiger partial charge in [0.05, 0.1) is 17.9 Å². The molecule has 2 atom stereocenters. The molecule has 1 aliphatic heterocycles. The van der Waals surface area contributed by atoms with Gasteiger partial charge in [-0.15, -0.1) is 0 Å². The number of likely N-dealkylation sites (tertiary alicyclic amines) is 1. The lowest BCUT2D eigenvalue weighted by molar-refractivity contribution is -0.135. The molecule has 1 saturated heterocycles. The molecule has 7 nitrogen and oxygen atoms in total. The molecule has 0 aliphatic carbocycles. The van der Waals surface area contributed by atoms with E-state index in [2.05, 4.69) is 31.2 Å². The third-order valence-electron chi connectivity index (χ3n) is 5.22. The van der Waals surface area contributed by atoms with Crippen molar-refractivity contribution in [2.45, 2.75) is 38.8 Å². The summed E-state index contributed by atoms with van der Waals surface area (Å²) in [5.41, 5.74) is 1.97. The van der Waals surface area contributed by atoms with Gasteiger partial charge in [-0.05, 0) is 36.5 Å². The Morgan fingerprint density at radius 1 is 1.28 bits per heavy atom. The van der Waals surface area contributed by atoms with Crippen LogP contribution in [0.25, 0.3) is 11.3 Å². The Labute approximate surface area is 180 Å². The molecule has 3 rings (SSSR count). The Bertz CT molecular complexity index is 862. The van der Waals surface area contributed by atoms with E-state index in [0.717, 1.165) is 34.4 Å². The van der Waals surface area contributed by atoms with Gasteiger partial charge in [-0.2, -0.15) is 0 Å². The monoisotopic (exact) mass is 461 g/mol. The number of nitrogens with zero attached hydrogens (tertiary/aromatic N) is 3. The number of amides is 3. The zero-order valence-corrected chi connectivity index (χ0v) is 18.9. The number of H-pyrrole nitrogens is 1. The summed E-state index contributed by atoms with van der Waals surface area (Å²) in [6, 6.07) is 7.08. The van der Waals surface area contributed by atoms with Crippen LogP contribution in [0.3, 0.4) is 0 Å². The number of urea groups is 1. The Hall–Kier alpha value is -2.35. The van der Waals surface area contributed by atoms with Crippen molar-refractivity contribution in [2.24, 2.45) is 5.92 Å². The molecule has 1 aromatic carbocycles. The lowest BCUT2D eigenvalue weighted by atomic mass is 10.0.